The quantitative estimate of drug-likeness (QED) is 0.772. The molecule has 3 nitrogen and oxygen atoms in total. The molecule has 2 rings (SSSR count). The molecule has 0 radical (unpaired) electrons. The molecule has 0 aliphatic heterocycles. The van der Waals surface area contributed by atoms with E-state index in [1.165, 1.54) is 4.88 Å². The summed E-state index contributed by atoms with van der Waals surface area (Å²) in [5.74, 6) is 0.798. The molecular weight excluding hydrogens is 246 g/mol. The molecule has 0 bridgehead atoms. The van der Waals surface area contributed by atoms with Crippen molar-refractivity contribution >= 4 is 17.2 Å². The van der Waals surface area contributed by atoms with Crippen LogP contribution in [0.15, 0.2) is 52.5 Å². The largest absolute Gasteiger partial charge is 0.467 e. The highest BCUT2D eigenvalue weighted by Gasteiger charge is 2.13. The highest BCUT2D eigenvalue weighted by atomic mass is 32.1. The molecule has 94 valence electrons. The minimum absolute atomic E-state index is 0.00213. The van der Waals surface area contributed by atoms with Crippen molar-refractivity contribution in [2.45, 2.75) is 20.0 Å². The van der Waals surface area contributed by atoms with Crippen LogP contribution in [0.4, 0.5) is 0 Å². The second-order valence-corrected chi connectivity index (χ2v) is 4.89. The van der Waals surface area contributed by atoms with Gasteiger partial charge in [-0.25, -0.2) is 0 Å². The first kappa shape index (κ1) is 12.6. The standard InChI is InChI=1S/C14H15NO2S/c1-2-5-14(16)15(10-12-6-3-8-17-12)11-13-7-4-9-18-13/h2-9H,10-11H2,1H3. The van der Waals surface area contributed by atoms with E-state index < -0.39 is 0 Å². The highest BCUT2D eigenvalue weighted by molar-refractivity contribution is 7.09. The lowest BCUT2D eigenvalue weighted by Gasteiger charge is -2.19. The lowest BCUT2D eigenvalue weighted by atomic mass is 10.3. The van der Waals surface area contributed by atoms with Gasteiger partial charge in [0.2, 0.25) is 5.91 Å². The van der Waals surface area contributed by atoms with Crippen molar-refractivity contribution < 1.29 is 9.21 Å². The van der Waals surface area contributed by atoms with Crippen molar-refractivity contribution in [2.75, 3.05) is 0 Å². The molecule has 0 atom stereocenters. The van der Waals surface area contributed by atoms with E-state index in [1.54, 1.807) is 34.7 Å². The maximum Gasteiger partial charge on any atom is 0.246 e. The van der Waals surface area contributed by atoms with Crippen LogP contribution in [-0.2, 0) is 17.9 Å². The number of thiophene rings is 1. The zero-order chi connectivity index (χ0) is 12.8. The number of amides is 1. The van der Waals surface area contributed by atoms with E-state index in [1.807, 2.05) is 36.6 Å². The van der Waals surface area contributed by atoms with Gasteiger partial charge in [0.25, 0.3) is 0 Å². The lowest BCUT2D eigenvalue weighted by molar-refractivity contribution is -0.127. The number of carbonyl (C=O) groups is 1. The Balaban J connectivity index is 2.09. The molecule has 0 N–H and O–H groups in total. The summed E-state index contributed by atoms with van der Waals surface area (Å²) in [6.07, 6.45) is 4.96. The smallest absolute Gasteiger partial charge is 0.246 e. The Kier molecular flexibility index (Phi) is 4.36. The second-order valence-electron chi connectivity index (χ2n) is 3.85. The topological polar surface area (TPSA) is 33.5 Å². The summed E-state index contributed by atoms with van der Waals surface area (Å²) in [5, 5.41) is 2.01. The fourth-order valence-corrected chi connectivity index (χ4v) is 2.36. The van der Waals surface area contributed by atoms with E-state index in [0.717, 1.165) is 5.76 Å². The van der Waals surface area contributed by atoms with E-state index in [-0.39, 0.29) is 5.91 Å². The van der Waals surface area contributed by atoms with Gasteiger partial charge >= 0.3 is 0 Å². The molecule has 2 heterocycles. The van der Waals surface area contributed by atoms with Crippen molar-refractivity contribution in [3.05, 3.63) is 58.7 Å². The molecule has 18 heavy (non-hydrogen) atoms. The Morgan fingerprint density at radius 1 is 1.39 bits per heavy atom. The average molecular weight is 261 g/mol. The van der Waals surface area contributed by atoms with Gasteiger partial charge in [0.05, 0.1) is 19.4 Å². The normalized spacial score (nSPS) is 10.9. The third-order valence-electron chi connectivity index (χ3n) is 2.47. The lowest BCUT2D eigenvalue weighted by Crippen LogP contribution is -2.27. The number of rotatable bonds is 5. The van der Waals surface area contributed by atoms with E-state index in [4.69, 9.17) is 4.42 Å². The second kappa shape index (κ2) is 6.21. The molecular formula is C14H15NO2S. The summed E-state index contributed by atoms with van der Waals surface area (Å²) in [6.45, 7) is 2.95. The SMILES string of the molecule is CC=CC(=O)N(Cc1ccco1)Cc1cccs1. The van der Waals surface area contributed by atoms with Gasteiger partial charge in [0.1, 0.15) is 5.76 Å². The Morgan fingerprint density at radius 2 is 2.28 bits per heavy atom. The fourth-order valence-electron chi connectivity index (χ4n) is 1.64. The minimum Gasteiger partial charge on any atom is -0.467 e. The fraction of sp³-hybridized carbons (Fsp3) is 0.214. The average Bonchev–Trinajstić information content (AvgIpc) is 3.01. The van der Waals surface area contributed by atoms with Gasteiger partial charge in [-0.3, -0.25) is 4.79 Å². The molecule has 2 aromatic heterocycles. The van der Waals surface area contributed by atoms with Crippen molar-refractivity contribution in [3.63, 3.8) is 0 Å². The number of allylic oxidation sites excluding steroid dienone is 1. The maximum absolute atomic E-state index is 12.0. The van der Waals surface area contributed by atoms with Gasteiger partial charge in [0.15, 0.2) is 0 Å². The summed E-state index contributed by atoms with van der Waals surface area (Å²) in [7, 11) is 0. The van der Waals surface area contributed by atoms with Gasteiger partial charge in [-0.2, -0.15) is 0 Å². The van der Waals surface area contributed by atoms with E-state index in [0.29, 0.717) is 13.1 Å². The predicted molar refractivity (Wildman–Crippen MR) is 72.1 cm³/mol. The molecule has 0 spiro atoms. The van der Waals surface area contributed by atoms with Crippen LogP contribution >= 0.6 is 11.3 Å². The summed E-state index contributed by atoms with van der Waals surface area (Å²) < 4.78 is 5.30. The van der Waals surface area contributed by atoms with Crippen molar-refractivity contribution in [2.24, 2.45) is 0 Å². The molecule has 0 fully saturated rings. The van der Waals surface area contributed by atoms with E-state index in [2.05, 4.69) is 0 Å². The first-order chi connectivity index (χ1) is 8.79. The first-order valence-electron chi connectivity index (χ1n) is 5.76. The molecule has 0 aliphatic rings. The molecule has 0 unspecified atom stereocenters. The molecule has 0 saturated heterocycles. The third-order valence-corrected chi connectivity index (χ3v) is 3.34. The number of hydrogen-bond acceptors (Lipinski definition) is 3. The van der Waals surface area contributed by atoms with E-state index in [9.17, 15) is 4.79 Å². The van der Waals surface area contributed by atoms with Crippen LogP contribution in [0.1, 0.15) is 17.6 Å². The van der Waals surface area contributed by atoms with Gasteiger partial charge < -0.3 is 9.32 Å². The van der Waals surface area contributed by atoms with Crippen LogP contribution in [0, 0.1) is 0 Å². The van der Waals surface area contributed by atoms with Crippen molar-refractivity contribution in [1.82, 2.24) is 4.90 Å². The first-order valence-corrected chi connectivity index (χ1v) is 6.64. The summed E-state index contributed by atoms with van der Waals surface area (Å²) in [5.41, 5.74) is 0. The van der Waals surface area contributed by atoms with E-state index >= 15 is 0 Å². The van der Waals surface area contributed by atoms with Gasteiger partial charge in [-0.1, -0.05) is 12.1 Å². The maximum atomic E-state index is 12.0. The highest BCUT2D eigenvalue weighted by Crippen LogP contribution is 2.15. The van der Waals surface area contributed by atoms with Crippen LogP contribution in [0.2, 0.25) is 0 Å². The third kappa shape index (κ3) is 3.34. The number of nitrogens with zero attached hydrogens (tertiary/aromatic N) is 1. The van der Waals surface area contributed by atoms with Crippen LogP contribution in [0.5, 0.6) is 0 Å². The molecule has 1 amide bonds. The molecule has 0 aromatic carbocycles. The minimum atomic E-state index is 0.00213. The summed E-state index contributed by atoms with van der Waals surface area (Å²) >= 11 is 1.65. The van der Waals surface area contributed by atoms with Crippen LogP contribution in [0.25, 0.3) is 0 Å². The summed E-state index contributed by atoms with van der Waals surface area (Å²) in [6, 6.07) is 7.73. The zero-order valence-electron chi connectivity index (χ0n) is 10.2. The van der Waals surface area contributed by atoms with Gasteiger partial charge in [0, 0.05) is 4.88 Å². The van der Waals surface area contributed by atoms with Crippen molar-refractivity contribution in [1.29, 1.82) is 0 Å². The Morgan fingerprint density at radius 3 is 2.89 bits per heavy atom. The predicted octanol–water partition coefficient (Wildman–Crippen LogP) is 3.45. The molecule has 2 aromatic rings. The monoisotopic (exact) mass is 261 g/mol. The Bertz CT molecular complexity index is 464. The van der Waals surface area contributed by atoms with Crippen molar-refractivity contribution in [3.8, 4) is 0 Å². The molecule has 0 saturated carbocycles. The molecule has 0 aliphatic carbocycles. The van der Waals surface area contributed by atoms with Crippen LogP contribution < -0.4 is 0 Å². The number of furan rings is 1. The molecule has 4 heteroatoms. The summed E-state index contributed by atoms with van der Waals surface area (Å²) in [4.78, 5) is 14.9. The van der Waals surface area contributed by atoms with Gasteiger partial charge in [-0.15, -0.1) is 11.3 Å². The Labute approximate surface area is 110 Å². The number of hydrogen-bond donors (Lipinski definition) is 0. The zero-order valence-corrected chi connectivity index (χ0v) is 11.0. The van der Waals surface area contributed by atoms with Gasteiger partial charge in [-0.05, 0) is 36.6 Å². The van der Waals surface area contributed by atoms with Crippen LogP contribution in [-0.4, -0.2) is 10.8 Å². The number of carbonyl (C=O) groups excluding carboxylic acids is 1. The Hall–Kier alpha value is -1.81. The van der Waals surface area contributed by atoms with Crippen LogP contribution in [0.3, 0.4) is 0 Å².